The molecule has 0 amide bonds. The van der Waals surface area contributed by atoms with Gasteiger partial charge in [0.05, 0.1) is 11.4 Å². The molecule has 0 saturated carbocycles. The number of imidazole rings is 1. The molecule has 0 spiro atoms. The molecule has 0 bridgehead atoms. The van der Waals surface area contributed by atoms with E-state index in [9.17, 15) is 26.0 Å². The molecule has 2 aromatic carbocycles. The number of aromatic amines is 1. The Labute approximate surface area is 166 Å². The molecule has 10 heteroatoms. The summed E-state index contributed by atoms with van der Waals surface area (Å²) in [6.45, 7) is 1.77. The zero-order valence-corrected chi connectivity index (χ0v) is 16.9. The van der Waals surface area contributed by atoms with E-state index in [1.807, 2.05) is 0 Å². The fourth-order valence-electron chi connectivity index (χ4n) is 2.67. The number of aromatic nitrogens is 2. The Hall–Kier alpha value is -2.20. The maximum absolute atomic E-state index is 14.3. The van der Waals surface area contributed by atoms with Crippen LogP contribution < -0.4 is 0 Å². The monoisotopic (exact) mass is 476 g/mol. The number of hydrogen-bond donors (Lipinski definition) is 1. The average Bonchev–Trinajstić information content (AvgIpc) is 3.01. The summed E-state index contributed by atoms with van der Waals surface area (Å²) in [6.07, 6.45) is -3.89. The van der Waals surface area contributed by atoms with Crippen molar-refractivity contribution in [3.05, 3.63) is 58.1 Å². The summed E-state index contributed by atoms with van der Waals surface area (Å²) in [5, 5.41) is 0. The molecular weight excluding hydrogens is 464 g/mol. The second-order valence-corrected chi connectivity index (χ2v) is 9.03. The highest BCUT2D eigenvalue weighted by Crippen LogP contribution is 2.37. The molecule has 0 radical (unpaired) electrons. The Balaban J connectivity index is 2.24. The van der Waals surface area contributed by atoms with Crippen LogP contribution in [0.3, 0.4) is 0 Å². The Morgan fingerprint density at radius 3 is 2.25 bits per heavy atom. The van der Waals surface area contributed by atoms with E-state index in [1.165, 1.54) is 6.07 Å². The van der Waals surface area contributed by atoms with Crippen molar-refractivity contribution in [2.75, 3.05) is 6.26 Å². The molecule has 0 aliphatic heterocycles. The van der Waals surface area contributed by atoms with Gasteiger partial charge in [0.15, 0.2) is 9.84 Å². The second-order valence-electron chi connectivity index (χ2n) is 6.19. The lowest BCUT2D eigenvalue weighted by atomic mass is 10.0. The molecule has 3 aromatic rings. The van der Waals surface area contributed by atoms with Crippen molar-refractivity contribution in [2.24, 2.45) is 0 Å². The van der Waals surface area contributed by atoms with Crippen molar-refractivity contribution in [1.82, 2.24) is 9.97 Å². The number of nitrogens with zero attached hydrogens (tertiary/aromatic N) is 1. The summed E-state index contributed by atoms with van der Waals surface area (Å²) in [7, 11) is -3.81. The number of sulfone groups is 1. The number of halogens is 5. The fourth-order valence-corrected chi connectivity index (χ4v) is 3.65. The topological polar surface area (TPSA) is 62.8 Å². The fraction of sp³-hybridized carbons (Fsp3) is 0.167. The van der Waals surface area contributed by atoms with Crippen molar-refractivity contribution in [1.29, 1.82) is 0 Å². The number of benzene rings is 2. The molecule has 0 aliphatic carbocycles. The minimum atomic E-state index is -4.73. The maximum Gasteiger partial charge on any atom is 0.449 e. The van der Waals surface area contributed by atoms with Crippen molar-refractivity contribution in [3.8, 4) is 22.5 Å². The highest BCUT2D eigenvalue weighted by Gasteiger charge is 2.36. The van der Waals surface area contributed by atoms with Crippen LogP contribution in [0.2, 0.25) is 0 Å². The molecule has 0 saturated heterocycles. The summed E-state index contributed by atoms with van der Waals surface area (Å²) < 4.78 is 77.8. The molecule has 1 heterocycles. The second kappa shape index (κ2) is 7.00. The Morgan fingerprint density at radius 2 is 1.71 bits per heavy atom. The summed E-state index contributed by atoms with van der Waals surface area (Å²) in [6, 6.07) is 8.03. The first-order chi connectivity index (χ1) is 12.9. The molecule has 0 fully saturated rings. The van der Waals surface area contributed by atoms with E-state index in [4.69, 9.17) is 0 Å². The zero-order chi connectivity index (χ0) is 20.9. The molecule has 0 unspecified atom stereocenters. The zero-order valence-electron chi connectivity index (χ0n) is 14.5. The van der Waals surface area contributed by atoms with E-state index in [-0.39, 0.29) is 17.0 Å². The predicted molar refractivity (Wildman–Crippen MR) is 100.0 cm³/mol. The molecule has 3 rings (SSSR count). The van der Waals surface area contributed by atoms with Gasteiger partial charge in [-0.05, 0) is 36.8 Å². The van der Waals surface area contributed by atoms with E-state index < -0.39 is 32.6 Å². The first-order valence-electron chi connectivity index (χ1n) is 7.81. The van der Waals surface area contributed by atoms with Gasteiger partial charge in [0.1, 0.15) is 10.7 Å². The van der Waals surface area contributed by atoms with Crippen LogP contribution in [-0.2, 0) is 16.0 Å². The maximum atomic E-state index is 14.3. The lowest BCUT2D eigenvalue weighted by Gasteiger charge is -2.07. The van der Waals surface area contributed by atoms with Crippen LogP contribution >= 0.6 is 15.9 Å². The molecule has 1 aromatic heterocycles. The number of H-pyrrole nitrogens is 1. The minimum absolute atomic E-state index is 0.0206. The van der Waals surface area contributed by atoms with Gasteiger partial charge < -0.3 is 4.98 Å². The van der Waals surface area contributed by atoms with E-state index >= 15 is 0 Å². The van der Waals surface area contributed by atoms with Crippen LogP contribution in [0, 0.1) is 12.7 Å². The lowest BCUT2D eigenvalue weighted by Crippen LogP contribution is -2.07. The third-order valence-corrected chi connectivity index (χ3v) is 6.04. The van der Waals surface area contributed by atoms with Crippen LogP contribution in [0.25, 0.3) is 22.5 Å². The Kier molecular flexibility index (Phi) is 5.13. The number of aryl methyl sites for hydroxylation is 1. The Morgan fingerprint density at radius 1 is 1.07 bits per heavy atom. The van der Waals surface area contributed by atoms with E-state index in [0.29, 0.717) is 5.56 Å². The SMILES string of the molecule is Cc1cc(-c2[nH]c(C(F)(F)F)nc2-c2ccc(S(C)(=O)=O)c(F)c2)ccc1Br. The molecule has 148 valence electrons. The Bertz CT molecular complexity index is 1170. The number of rotatable bonds is 3. The third-order valence-electron chi connectivity index (χ3n) is 4.02. The van der Waals surface area contributed by atoms with E-state index in [2.05, 4.69) is 25.9 Å². The quantitative estimate of drug-likeness (QED) is 0.516. The van der Waals surface area contributed by atoms with Gasteiger partial charge in [-0.1, -0.05) is 28.1 Å². The van der Waals surface area contributed by atoms with Crippen molar-refractivity contribution in [3.63, 3.8) is 0 Å². The standard InChI is InChI=1S/C18H13BrF4N2O2S/c1-9-7-10(3-5-12(9)19)15-16(25-17(24-15)18(21,22)23)11-4-6-14(13(20)8-11)28(2,26)27/h3-8H,1-2H3,(H,24,25). The molecule has 1 N–H and O–H groups in total. The van der Waals surface area contributed by atoms with Crippen molar-refractivity contribution >= 4 is 25.8 Å². The van der Waals surface area contributed by atoms with E-state index in [1.54, 1.807) is 25.1 Å². The minimum Gasteiger partial charge on any atom is -0.334 e. The van der Waals surface area contributed by atoms with Crippen molar-refractivity contribution in [2.45, 2.75) is 18.0 Å². The summed E-state index contributed by atoms with van der Waals surface area (Å²) in [4.78, 5) is 5.32. The van der Waals surface area contributed by atoms with Gasteiger partial charge >= 0.3 is 6.18 Å². The first-order valence-corrected chi connectivity index (χ1v) is 10.5. The van der Waals surface area contributed by atoms with Gasteiger partial charge in [0, 0.05) is 21.9 Å². The van der Waals surface area contributed by atoms with Gasteiger partial charge in [0.25, 0.3) is 0 Å². The highest BCUT2D eigenvalue weighted by atomic mass is 79.9. The third kappa shape index (κ3) is 3.97. The molecule has 4 nitrogen and oxygen atoms in total. The molecular formula is C18H13BrF4N2O2S. The number of alkyl halides is 3. The molecule has 0 atom stereocenters. The molecule has 28 heavy (non-hydrogen) atoms. The highest BCUT2D eigenvalue weighted by molar-refractivity contribution is 9.10. The van der Waals surface area contributed by atoms with Gasteiger partial charge in [-0.2, -0.15) is 13.2 Å². The van der Waals surface area contributed by atoms with Gasteiger partial charge in [-0.3, -0.25) is 0 Å². The van der Waals surface area contributed by atoms with Crippen LogP contribution in [0.1, 0.15) is 11.4 Å². The van der Waals surface area contributed by atoms with Gasteiger partial charge in [-0.25, -0.2) is 17.8 Å². The number of hydrogen-bond acceptors (Lipinski definition) is 3. The van der Waals surface area contributed by atoms with Crippen molar-refractivity contribution < 1.29 is 26.0 Å². The van der Waals surface area contributed by atoms with Crippen LogP contribution in [-0.4, -0.2) is 24.6 Å². The van der Waals surface area contributed by atoms with Crippen LogP contribution in [0.15, 0.2) is 45.8 Å². The normalized spacial score (nSPS) is 12.4. The summed E-state index contributed by atoms with van der Waals surface area (Å²) in [5.74, 6) is -2.29. The van der Waals surface area contributed by atoms with Gasteiger partial charge in [0.2, 0.25) is 5.82 Å². The van der Waals surface area contributed by atoms with Crippen LogP contribution in [0.5, 0.6) is 0 Å². The van der Waals surface area contributed by atoms with Crippen LogP contribution in [0.4, 0.5) is 17.6 Å². The lowest BCUT2D eigenvalue weighted by molar-refractivity contribution is -0.144. The predicted octanol–water partition coefficient (Wildman–Crippen LogP) is 5.38. The largest absolute Gasteiger partial charge is 0.449 e. The molecule has 0 aliphatic rings. The first kappa shape index (κ1) is 20.5. The average molecular weight is 477 g/mol. The van der Waals surface area contributed by atoms with E-state index in [0.717, 1.165) is 28.4 Å². The summed E-state index contributed by atoms with van der Waals surface area (Å²) >= 11 is 3.33. The van der Waals surface area contributed by atoms with Gasteiger partial charge in [-0.15, -0.1) is 0 Å². The number of nitrogens with one attached hydrogen (secondary N) is 1. The smallest absolute Gasteiger partial charge is 0.334 e. The summed E-state index contributed by atoms with van der Waals surface area (Å²) in [5.41, 5.74) is 1.14.